The molecule has 2 N–H and O–H groups in total. The van der Waals surface area contributed by atoms with Crippen molar-refractivity contribution in [2.45, 2.75) is 38.8 Å². The SMILES string of the molecule is CC(C)[C@H]1CN(C2CCN(c3ccccc3)CC2)C[C@@H]1NC(=O)CO. The normalized spacial score (nSPS) is 25.5. The summed E-state index contributed by atoms with van der Waals surface area (Å²) in [6.45, 7) is 8.16. The monoisotopic (exact) mass is 345 g/mol. The Balaban J connectivity index is 1.57. The second-order valence-electron chi connectivity index (χ2n) is 7.75. The fourth-order valence-electron chi connectivity index (χ4n) is 4.37. The van der Waals surface area contributed by atoms with Gasteiger partial charge in [-0.25, -0.2) is 0 Å². The second kappa shape index (κ2) is 8.19. The summed E-state index contributed by atoms with van der Waals surface area (Å²) in [5.74, 6) is 0.734. The van der Waals surface area contributed by atoms with E-state index < -0.39 is 6.61 Å². The van der Waals surface area contributed by atoms with E-state index >= 15 is 0 Å². The third-order valence-corrected chi connectivity index (χ3v) is 5.84. The summed E-state index contributed by atoms with van der Waals surface area (Å²) in [7, 11) is 0. The molecular weight excluding hydrogens is 314 g/mol. The van der Waals surface area contributed by atoms with Gasteiger partial charge < -0.3 is 15.3 Å². The number of hydrogen-bond acceptors (Lipinski definition) is 4. The molecular formula is C20H31N3O2. The Hall–Kier alpha value is -1.59. The lowest BCUT2D eigenvalue weighted by Crippen LogP contribution is -2.46. The minimum Gasteiger partial charge on any atom is -0.387 e. The standard InChI is InChI=1S/C20H31N3O2/c1-15(2)18-12-23(13-19(18)21-20(25)14-24)17-8-10-22(11-9-17)16-6-4-3-5-7-16/h3-7,15,17-19,24H,8-14H2,1-2H3,(H,21,25)/t18-,19+/m1/s1. The molecule has 3 rings (SSSR count). The van der Waals surface area contributed by atoms with Crippen molar-refractivity contribution >= 4 is 11.6 Å². The van der Waals surface area contributed by atoms with E-state index in [1.54, 1.807) is 0 Å². The number of benzene rings is 1. The number of rotatable bonds is 5. The molecule has 2 heterocycles. The van der Waals surface area contributed by atoms with Crippen LogP contribution in [0.3, 0.4) is 0 Å². The van der Waals surface area contributed by atoms with E-state index in [0.29, 0.717) is 17.9 Å². The lowest BCUT2D eigenvalue weighted by atomic mass is 9.91. The number of likely N-dealkylation sites (tertiary alicyclic amines) is 1. The van der Waals surface area contributed by atoms with Crippen LogP contribution in [0.1, 0.15) is 26.7 Å². The number of hydrogen-bond donors (Lipinski definition) is 2. The van der Waals surface area contributed by atoms with Gasteiger partial charge in [-0.05, 0) is 36.8 Å². The molecule has 138 valence electrons. The zero-order chi connectivity index (χ0) is 17.8. The van der Waals surface area contributed by atoms with Crippen molar-refractivity contribution in [3.8, 4) is 0 Å². The van der Waals surface area contributed by atoms with E-state index in [0.717, 1.165) is 26.2 Å². The average Bonchev–Trinajstić information content (AvgIpc) is 3.06. The van der Waals surface area contributed by atoms with Crippen LogP contribution in [0.25, 0.3) is 0 Å². The highest BCUT2D eigenvalue weighted by Gasteiger charge is 2.39. The van der Waals surface area contributed by atoms with Gasteiger partial charge in [0.25, 0.3) is 0 Å². The molecule has 5 heteroatoms. The topological polar surface area (TPSA) is 55.8 Å². The second-order valence-corrected chi connectivity index (χ2v) is 7.75. The lowest BCUT2D eigenvalue weighted by Gasteiger charge is -2.38. The largest absolute Gasteiger partial charge is 0.387 e. The highest BCUT2D eigenvalue weighted by molar-refractivity contribution is 5.77. The first-order chi connectivity index (χ1) is 12.1. The van der Waals surface area contributed by atoms with Crippen LogP contribution in [0, 0.1) is 11.8 Å². The minimum absolute atomic E-state index is 0.159. The van der Waals surface area contributed by atoms with Crippen molar-refractivity contribution in [1.82, 2.24) is 10.2 Å². The van der Waals surface area contributed by atoms with Gasteiger partial charge in [-0.15, -0.1) is 0 Å². The first-order valence-corrected chi connectivity index (χ1v) is 9.52. The third-order valence-electron chi connectivity index (χ3n) is 5.84. The smallest absolute Gasteiger partial charge is 0.245 e. The molecule has 2 fully saturated rings. The van der Waals surface area contributed by atoms with E-state index in [1.165, 1.54) is 18.5 Å². The molecule has 2 atom stereocenters. The van der Waals surface area contributed by atoms with Gasteiger partial charge in [-0.2, -0.15) is 0 Å². The van der Waals surface area contributed by atoms with E-state index in [9.17, 15) is 4.79 Å². The Morgan fingerprint density at radius 1 is 1.20 bits per heavy atom. The average molecular weight is 345 g/mol. The maximum Gasteiger partial charge on any atom is 0.245 e. The van der Waals surface area contributed by atoms with Crippen LogP contribution in [0.5, 0.6) is 0 Å². The molecule has 25 heavy (non-hydrogen) atoms. The first-order valence-electron chi connectivity index (χ1n) is 9.52. The summed E-state index contributed by atoms with van der Waals surface area (Å²) in [6.07, 6.45) is 2.33. The molecule has 2 aliphatic rings. The summed E-state index contributed by atoms with van der Waals surface area (Å²) in [5, 5.41) is 12.1. The predicted molar refractivity (Wildman–Crippen MR) is 101 cm³/mol. The number of nitrogens with one attached hydrogen (secondary N) is 1. The minimum atomic E-state index is -0.420. The summed E-state index contributed by atoms with van der Waals surface area (Å²) in [6, 6.07) is 11.4. The highest BCUT2D eigenvalue weighted by atomic mass is 16.3. The van der Waals surface area contributed by atoms with Gasteiger partial charge in [-0.3, -0.25) is 9.69 Å². The molecule has 2 aliphatic heterocycles. The van der Waals surface area contributed by atoms with Crippen molar-refractivity contribution in [3.05, 3.63) is 30.3 Å². The summed E-state index contributed by atoms with van der Waals surface area (Å²) >= 11 is 0. The Bertz CT molecular complexity index is 555. The van der Waals surface area contributed by atoms with Crippen LogP contribution in [0.4, 0.5) is 5.69 Å². The van der Waals surface area contributed by atoms with Crippen LogP contribution >= 0.6 is 0 Å². The molecule has 2 saturated heterocycles. The number of anilines is 1. The Labute approximate surface area is 151 Å². The zero-order valence-electron chi connectivity index (χ0n) is 15.4. The highest BCUT2D eigenvalue weighted by Crippen LogP contribution is 2.30. The molecule has 0 bridgehead atoms. The third kappa shape index (κ3) is 4.33. The van der Waals surface area contributed by atoms with Crippen LogP contribution in [0.2, 0.25) is 0 Å². The maximum atomic E-state index is 11.6. The zero-order valence-corrected chi connectivity index (χ0v) is 15.4. The van der Waals surface area contributed by atoms with E-state index in [-0.39, 0.29) is 11.9 Å². The van der Waals surface area contributed by atoms with Crippen molar-refractivity contribution in [2.24, 2.45) is 11.8 Å². The van der Waals surface area contributed by atoms with Crippen molar-refractivity contribution in [3.63, 3.8) is 0 Å². The molecule has 0 spiro atoms. The van der Waals surface area contributed by atoms with Gasteiger partial charge in [0.05, 0.1) is 0 Å². The molecule has 0 aromatic heterocycles. The van der Waals surface area contributed by atoms with Crippen molar-refractivity contribution in [2.75, 3.05) is 37.7 Å². The lowest BCUT2D eigenvalue weighted by molar-refractivity contribution is -0.124. The number of carbonyl (C=O) groups is 1. The van der Waals surface area contributed by atoms with Gasteiger partial charge in [0.15, 0.2) is 0 Å². The molecule has 0 saturated carbocycles. The van der Waals surface area contributed by atoms with Crippen LogP contribution in [-0.2, 0) is 4.79 Å². The fraction of sp³-hybridized carbons (Fsp3) is 0.650. The number of aliphatic hydroxyl groups excluding tert-OH is 1. The van der Waals surface area contributed by atoms with Gasteiger partial charge >= 0.3 is 0 Å². The molecule has 0 unspecified atom stereocenters. The number of piperidine rings is 1. The Morgan fingerprint density at radius 2 is 1.88 bits per heavy atom. The van der Waals surface area contributed by atoms with Crippen molar-refractivity contribution < 1.29 is 9.90 Å². The van der Waals surface area contributed by atoms with Crippen LogP contribution < -0.4 is 10.2 Å². The number of nitrogens with zero attached hydrogens (tertiary/aromatic N) is 2. The van der Waals surface area contributed by atoms with Gasteiger partial charge in [0, 0.05) is 44.0 Å². The van der Waals surface area contributed by atoms with Gasteiger partial charge in [-0.1, -0.05) is 32.0 Å². The first kappa shape index (κ1) is 18.2. The maximum absolute atomic E-state index is 11.6. The summed E-state index contributed by atoms with van der Waals surface area (Å²) in [5.41, 5.74) is 1.32. The number of para-hydroxylation sites is 1. The van der Waals surface area contributed by atoms with E-state index in [2.05, 4.69) is 59.3 Å². The van der Waals surface area contributed by atoms with Gasteiger partial charge in [0.2, 0.25) is 5.91 Å². The number of aliphatic hydroxyl groups is 1. The molecule has 5 nitrogen and oxygen atoms in total. The Morgan fingerprint density at radius 3 is 2.48 bits per heavy atom. The van der Waals surface area contributed by atoms with Crippen LogP contribution in [-0.4, -0.2) is 60.8 Å². The van der Waals surface area contributed by atoms with E-state index in [1.807, 2.05) is 0 Å². The van der Waals surface area contributed by atoms with Crippen molar-refractivity contribution in [1.29, 1.82) is 0 Å². The van der Waals surface area contributed by atoms with Gasteiger partial charge in [0.1, 0.15) is 6.61 Å². The molecule has 1 aromatic carbocycles. The fourth-order valence-corrected chi connectivity index (χ4v) is 4.37. The molecule has 0 aliphatic carbocycles. The quantitative estimate of drug-likeness (QED) is 0.853. The number of amides is 1. The summed E-state index contributed by atoms with van der Waals surface area (Å²) in [4.78, 5) is 16.7. The predicted octanol–water partition coefficient (Wildman–Crippen LogP) is 1.72. The molecule has 1 amide bonds. The molecule has 1 aromatic rings. The summed E-state index contributed by atoms with van der Waals surface area (Å²) < 4.78 is 0. The Kier molecular flexibility index (Phi) is 5.97. The number of carbonyl (C=O) groups excluding carboxylic acids is 1. The molecule has 0 radical (unpaired) electrons. The van der Waals surface area contributed by atoms with E-state index in [4.69, 9.17) is 5.11 Å². The van der Waals surface area contributed by atoms with Crippen LogP contribution in [0.15, 0.2) is 30.3 Å².